The number of amides is 1. The van der Waals surface area contributed by atoms with Crippen LogP contribution in [0.2, 0.25) is 0 Å². The average molecular weight is 287 g/mol. The molecule has 0 radical (unpaired) electrons. The number of aliphatic carboxylic acids is 1. The van der Waals surface area contributed by atoms with Crippen LogP contribution in [0.25, 0.3) is 0 Å². The van der Waals surface area contributed by atoms with E-state index in [2.05, 4.69) is 5.32 Å². The van der Waals surface area contributed by atoms with E-state index in [0.717, 1.165) is 38.5 Å². The highest BCUT2D eigenvalue weighted by Crippen LogP contribution is 2.26. The van der Waals surface area contributed by atoms with Gasteiger partial charge in [-0.15, -0.1) is 0 Å². The topological polar surface area (TPSA) is 66.4 Å². The lowest BCUT2D eigenvalue weighted by Gasteiger charge is -2.24. The number of carbonyl (C=O) groups excluding carboxylic acids is 1. The van der Waals surface area contributed by atoms with E-state index in [4.69, 9.17) is 5.11 Å². The molecular formula is C15H26FNO3. The molecule has 0 aromatic carbocycles. The molecule has 4 nitrogen and oxygen atoms in total. The predicted molar refractivity (Wildman–Crippen MR) is 75.2 cm³/mol. The zero-order valence-corrected chi connectivity index (χ0v) is 12.1. The fraction of sp³-hybridized carbons (Fsp3) is 0.867. The molecular weight excluding hydrogens is 261 g/mol. The predicted octanol–water partition coefficient (Wildman–Crippen LogP) is 3.06. The van der Waals surface area contributed by atoms with Crippen molar-refractivity contribution in [1.82, 2.24) is 5.32 Å². The van der Waals surface area contributed by atoms with Crippen LogP contribution in [0.3, 0.4) is 0 Å². The number of hydrogen-bond acceptors (Lipinski definition) is 2. The molecule has 0 spiro atoms. The molecule has 0 aliphatic heterocycles. The van der Waals surface area contributed by atoms with Gasteiger partial charge in [-0.2, -0.15) is 0 Å². The Labute approximate surface area is 120 Å². The summed E-state index contributed by atoms with van der Waals surface area (Å²) in [6.07, 6.45) is 6.75. The highest BCUT2D eigenvalue weighted by molar-refractivity contribution is 5.79. The summed E-state index contributed by atoms with van der Waals surface area (Å²) in [6.45, 7) is 0.598. The highest BCUT2D eigenvalue weighted by atomic mass is 19.1. The summed E-state index contributed by atoms with van der Waals surface area (Å²) in [5, 5.41) is 11.3. The minimum Gasteiger partial charge on any atom is -0.481 e. The van der Waals surface area contributed by atoms with Crippen LogP contribution >= 0.6 is 0 Å². The van der Waals surface area contributed by atoms with Crippen LogP contribution in [0.4, 0.5) is 4.39 Å². The molecule has 1 saturated carbocycles. The van der Waals surface area contributed by atoms with Crippen molar-refractivity contribution in [3.05, 3.63) is 0 Å². The second kappa shape index (κ2) is 9.72. The maximum atomic E-state index is 13.6. The first kappa shape index (κ1) is 16.9. The van der Waals surface area contributed by atoms with Gasteiger partial charge in [0.1, 0.15) is 6.17 Å². The number of nitrogens with one attached hydrogen (secondary N) is 1. The second-order valence-electron chi connectivity index (χ2n) is 5.61. The van der Waals surface area contributed by atoms with E-state index in [1.807, 2.05) is 0 Å². The van der Waals surface area contributed by atoms with Gasteiger partial charge in [-0.1, -0.05) is 32.1 Å². The molecule has 116 valence electrons. The Balaban J connectivity index is 1.98. The first-order valence-corrected chi connectivity index (χ1v) is 7.75. The third kappa shape index (κ3) is 6.87. The van der Waals surface area contributed by atoms with Crippen LogP contribution in [-0.2, 0) is 9.59 Å². The number of carboxylic acids is 1. The van der Waals surface area contributed by atoms with Crippen molar-refractivity contribution in [3.8, 4) is 0 Å². The van der Waals surface area contributed by atoms with Crippen LogP contribution < -0.4 is 5.32 Å². The SMILES string of the molecule is O=C(O)CCCCCCCNC(=O)C1CCCCC1F. The Morgan fingerprint density at radius 3 is 2.40 bits per heavy atom. The van der Waals surface area contributed by atoms with Crippen molar-refractivity contribution < 1.29 is 19.1 Å². The van der Waals surface area contributed by atoms with Gasteiger partial charge in [0.15, 0.2) is 0 Å². The molecule has 1 fully saturated rings. The molecule has 1 aliphatic carbocycles. The summed E-state index contributed by atoms with van der Waals surface area (Å²) in [5.74, 6) is -1.33. The van der Waals surface area contributed by atoms with Crippen LogP contribution in [0.15, 0.2) is 0 Å². The molecule has 0 aromatic heterocycles. The van der Waals surface area contributed by atoms with Gasteiger partial charge in [-0.3, -0.25) is 9.59 Å². The minimum atomic E-state index is -0.972. The largest absolute Gasteiger partial charge is 0.481 e. The van der Waals surface area contributed by atoms with Crippen molar-refractivity contribution in [2.24, 2.45) is 5.92 Å². The molecule has 0 saturated heterocycles. The number of halogens is 1. The molecule has 0 heterocycles. The van der Waals surface area contributed by atoms with E-state index in [-0.39, 0.29) is 12.3 Å². The summed E-state index contributed by atoms with van der Waals surface area (Å²) >= 11 is 0. The minimum absolute atomic E-state index is 0.136. The van der Waals surface area contributed by atoms with E-state index >= 15 is 0 Å². The Morgan fingerprint density at radius 1 is 1.05 bits per heavy atom. The van der Waals surface area contributed by atoms with Crippen molar-refractivity contribution in [1.29, 1.82) is 0 Å². The Morgan fingerprint density at radius 2 is 1.70 bits per heavy atom. The lowest BCUT2D eigenvalue weighted by Crippen LogP contribution is -2.38. The van der Waals surface area contributed by atoms with Crippen LogP contribution in [0, 0.1) is 5.92 Å². The molecule has 20 heavy (non-hydrogen) atoms. The zero-order chi connectivity index (χ0) is 14.8. The quantitative estimate of drug-likeness (QED) is 0.640. The van der Waals surface area contributed by atoms with Gasteiger partial charge in [-0.25, -0.2) is 4.39 Å². The van der Waals surface area contributed by atoms with Gasteiger partial charge in [0.2, 0.25) is 5.91 Å². The van der Waals surface area contributed by atoms with Crippen LogP contribution in [0.1, 0.15) is 64.2 Å². The molecule has 1 rings (SSSR count). The van der Waals surface area contributed by atoms with E-state index < -0.39 is 18.1 Å². The van der Waals surface area contributed by atoms with Gasteiger partial charge in [0, 0.05) is 13.0 Å². The average Bonchev–Trinajstić information content (AvgIpc) is 2.41. The molecule has 5 heteroatoms. The fourth-order valence-electron chi connectivity index (χ4n) is 2.66. The summed E-state index contributed by atoms with van der Waals surface area (Å²) in [6, 6.07) is 0. The normalized spacial score (nSPS) is 22.4. The maximum Gasteiger partial charge on any atom is 0.303 e. The lowest BCUT2D eigenvalue weighted by molar-refractivity contribution is -0.137. The Hall–Kier alpha value is -1.13. The van der Waals surface area contributed by atoms with Crippen molar-refractivity contribution in [3.63, 3.8) is 0 Å². The van der Waals surface area contributed by atoms with E-state index in [1.54, 1.807) is 0 Å². The van der Waals surface area contributed by atoms with Crippen LogP contribution in [0.5, 0.6) is 0 Å². The van der Waals surface area contributed by atoms with Crippen LogP contribution in [-0.4, -0.2) is 29.7 Å². The number of hydrogen-bond donors (Lipinski definition) is 2. The maximum absolute atomic E-state index is 13.6. The fourth-order valence-corrected chi connectivity index (χ4v) is 2.66. The lowest BCUT2D eigenvalue weighted by atomic mass is 9.87. The number of carbonyl (C=O) groups is 2. The molecule has 1 aliphatic rings. The van der Waals surface area contributed by atoms with Gasteiger partial charge >= 0.3 is 5.97 Å². The third-order valence-electron chi connectivity index (χ3n) is 3.89. The first-order valence-electron chi connectivity index (χ1n) is 7.75. The van der Waals surface area contributed by atoms with Crippen molar-refractivity contribution in [2.75, 3.05) is 6.54 Å². The highest BCUT2D eigenvalue weighted by Gasteiger charge is 2.30. The third-order valence-corrected chi connectivity index (χ3v) is 3.89. The summed E-state index contributed by atoms with van der Waals surface area (Å²) in [4.78, 5) is 22.1. The summed E-state index contributed by atoms with van der Waals surface area (Å²) in [7, 11) is 0. The van der Waals surface area contributed by atoms with E-state index in [0.29, 0.717) is 25.8 Å². The number of rotatable bonds is 9. The van der Waals surface area contributed by atoms with Gasteiger partial charge in [0.25, 0.3) is 0 Å². The summed E-state index contributed by atoms with van der Waals surface area (Å²) < 4.78 is 13.6. The second-order valence-corrected chi connectivity index (χ2v) is 5.61. The number of alkyl halides is 1. The molecule has 2 unspecified atom stereocenters. The Bertz CT molecular complexity index is 309. The molecule has 0 aromatic rings. The van der Waals surface area contributed by atoms with E-state index in [1.165, 1.54) is 0 Å². The standard InChI is InChI=1S/C15H26FNO3/c16-13-9-6-5-8-12(13)15(20)17-11-7-3-1-2-4-10-14(18)19/h12-13H,1-11H2,(H,17,20)(H,18,19). The van der Waals surface area contributed by atoms with E-state index in [9.17, 15) is 14.0 Å². The summed E-state index contributed by atoms with van der Waals surface area (Å²) in [5.41, 5.74) is 0. The molecule has 2 atom stereocenters. The molecule has 1 amide bonds. The molecule has 2 N–H and O–H groups in total. The van der Waals surface area contributed by atoms with Crippen molar-refractivity contribution in [2.45, 2.75) is 70.4 Å². The number of unbranched alkanes of at least 4 members (excludes halogenated alkanes) is 4. The first-order chi connectivity index (χ1) is 9.61. The smallest absolute Gasteiger partial charge is 0.303 e. The van der Waals surface area contributed by atoms with Gasteiger partial charge in [-0.05, 0) is 25.7 Å². The van der Waals surface area contributed by atoms with Gasteiger partial charge < -0.3 is 10.4 Å². The molecule has 0 bridgehead atoms. The number of carboxylic acid groups (broad SMARTS) is 1. The zero-order valence-electron chi connectivity index (χ0n) is 12.1. The Kier molecular flexibility index (Phi) is 8.23. The van der Waals surface area contributed by atoms with Gasteiger partial charge in [0.05, 0.1) is 5.92 Å². The van der Waals surface area contributed by atoms with Crippen molar-refractivity contribution >= 4 is 11.9 Å². The monoisotopic (exact) mass is 287 g/mol.